The SMILES string of the molecule is CC(C)(Nc1nnc(-c2ccc3c(c2)c(B2OC(C)(C)C(C)(C)O2)cn3SI)o1)c1ccccc1. The Morgan fingerprint density at radius 2 is 1.69 bits per heavy atom. The van der Waals surface area contributed by atoms with Gasteiger partial charge in [0.05, 0.1) is 22.3 Å². The van der Waals surface area contributed by atoms with Crippen molar-refractivity contribution in [3.05, 3.63) is 60.3 Å². The average molecular weight is 602 g/mol. The van der Waals surface area contributed by atoms with E-state index in [4.69, 9.17) is 13.7 Å². The average Bonchev–Trinajstić information content (AvgIpc) is 3.47. The van der Waals surface area contributed by atoms with Crippen molar-refractivity contribution in [1.82, 2.24) is 14.2 Å². The highest BCUT2D eigenvalue weighted by Gasteiger charge is 2.52. The van der Waals surface area contributed by atoms with Crippen molar-refractivity contribution >= 4 is 59.8 Å². The lowest BCUT2D eigenvalue weighted by atomic mass is 9.79. The summed E-state index contributed by atoms with van der Waals surface area (Å²) in [5.74, 6) is 0.452. The van der Waals surface area contributed by atoms with E-state index in [9.17, 15) is 0 Å². The number of halogens is 1. The van der Waals surface area contributed by atoms with Crippen LogP contribution in [-0.4, -0.2) is 32.5 Å². The molecule has 3 heterocycles. The van der Waals surface area contributed by atoms with Crippen molar-refractivity contribution < 1.29 is 13.7 Å². The molecule has 4 aromatic rings. The van der Waals surface area contributed by atoms with Gasteiger partial charge in [-0.15, -0.1) is 5.10 Å². The highest BCUT2D eigenvalue weighted by atomic mass is 127. The van der Waals surface area contributed by atoms with Crippen LogP contribution in [0.3, 0.4) is 0 Å². The highest BCUT2D eigenvalue weighted by Crippen LogP contribution is 2.38. The molecule has 35 heavy (non-hydrogen) atoms. The highest BCUT2D eigenvalue weighted by molar-refractivity contribution is 14.2. The van der Waals surface area contributed by atoms with E-state index in [0.29, 0.717) is 11.9 Å². The molecular weight excluding hydrogens is 574 g/mol. The molecule has 1 saturated heterocycles. The number of fused-ring (bicyclic) bond motifs is 1. The summed E-state index contributed by atoms with van der Waals surface area (Å²) in [6, 6.07) is 16.7. The summed E-state index contributed by atoms with van der Waals surface area (Å²) in [4.78, 5) is 0. The Hall–Kier alpha value is -2.02. The smallest absolute Gasteiger partial charge is 0.403 e. The molecule has 0 bridgehead atoms. The van der Waals surface area contributed by atoms with Crippen LogP contribution in [0, 0.1) is 0 Å². The quantitative estimate of drug-likeness (QED) is 0.209. The molecule has 2 aromatic heterocycles. The summed E-state index contributed by atoms with van der Waals surface area (Å²) in [6.07, 6.45) is 2.08. The van der Waals surface area contributed by atoms with Gasteiger partial charge in [-0.3, -0.25) is 3.97 Å². The predicted octanol–water partition coefficient (Wildman–Crippen LogP) is 6.18. The van der Waals surface area contributed by atoms with Crippen LogP contribution in [0.4, 0.5) is 6.01 Å². The summed E-state index contributed by atoms with van der Waals surface area (Å²) in [5.41, 5.74) is 2.82. The lowest BCUT2D eigenvalue weighted by molar-refractivity contribution is 0.00578. The number of benzene rings is 2. The van der Waals surface area contributed by atoms with Gasteiger partial charge in [-0.25, -0.2) is 0 Å². The molecule has 1 N–H and O–H groups in total. The maximum absolute atomic E-state index is 6.35. The van der Waals surface area contributed by atoms with E-state index < -0.39 is 18.3 Å². The number of nitrogens with zero attached hydrogens (tertiary/aromatic N) is 3. The van der Waals surface area contributed by atoms with Gasteiger partial charge >= 0.3 is 13.1 Å². The number of hydrogen-bond acceptors (Lipinski definition) is 7. The monoisotopic (exact) mass is 602 g/mol. The van der Waals surface area contributed by atoms with Crippen LogP contribution < -0.4 is 10.8 Å². The molecule has 0 aliphatic carbocycles. The molecule has 0 saturated carbocycles. The van der Waals surface area contributed by atoms with Gasteiger partial charge < -0.3 is 19.0 Å². The van der Waals surface area contributed by atoms with Crippen LogP contribution in [0.2, 0.25) is 0 Å². The fourth-order valence-corrected chi connectivity index (χ4v) is 5.52. The Morgan fingerprint density at radius 1 is 1.00 bits per heavy atom. The molecule has 1 aliphatic rings. The van der Waals surface area contributed by atoms with Crippen molar-refractivity contribution in [1.29, 1.82) is 0 Å². The second-order valence-electron chi connectivity index (χ2n) is 10.3. The molecule has 0 radical (unpaired) electrons. The largest absolute Gasteiger partial charge is 0.497 e. The zero-order chi connectivity index (χ0) is 25.0. The normalized spacial score (nSPS) is 17.3. The van der Waals surface area contributed by atoms with Crippen LogP contribution >= 0.6 is 30.3 Å². The molecule has 1 fully saturated rings. The van der Waals surface area contributed by atoms with E-state index in [1.807, 2.05) is 24.3 Å². The van der Waals surface area contributed by atoms with E-state index in [1.54, 1.807) is 9.12 Å². The number of anilines is 1. The number of nitrogens with one attached hydrogen (secondary N) is 1. The molecular formula is C25H28BIN4O3S. The van der Waals surface area contributed by atoms with Gasteiger partial charge in [0.25, 0.3) is 0 Å². The molecule has 0 amide bonds. The van der Waals surface area contributed by atoms with E-state index in [1.165, 1.54) is 0 Å². The molecule has 0 spiro atoms. The van der Waals surface area contributed by atoms with Gasteiger partial charge in [0.1, 0.15) is 0 Å². The van der Waals surface area contributed by atoms with Crippen LogP contribution in [0.25, 0.3) is 22.4 Å². The summed E-state index contributed by atoms with van der Waals surface area (Å²) in [5, 5.41) is 13.0. The number of rotatable bonds is 6. The van der Waals surface area contributed by atoms with Gasteiger partial charge in [-0.1, -0.05) is 35.4 Å². The Bertz CT molecular complexity index is 1350. The maximum atomic E-state index is 6.35. The second-order valence-corrected chi connectivity index (χ2v) is 12.0. The minimum Gasteiger partial charge on any atom is -0.403 e. The first-order chi connectivity index (χ1) is 16.5. The summed E-state index contributed by atoms with van der Waals surface area (Å²) >= 11 is 2.28. The van der Waals surface area contributed by atoms with E-state index in [0.717, 1.165) is 27.5 Å². The van der Waals surface area contributed by atoms with Crippen LogP contribution in [-0.2, 0) is 14.8 Å². The minimum absolute atomic E-state index is 0.367. The third kappa shape index (κ3) is 4.50. The first kappa shape index (κ1) is 24.7. The van der Waals surface area contributed by atoms with Crippen LogP contribution in [0.1, 0.15) is 47.1 Å². The lowest BCUT2D eigenvalue weighted by Gasteiger charge is -2.32. The van der Waals surface area contributed by atoms with E-state index >= 15 is 0 Å². The molecule has 0 unspecified atom stereocenters. The molecule has 10 heteroatoms. The van der Waals surface area contributed by atoms with Gasteiger partial charge in [-0.2, -0.15) is 0 Å². The maximum Gasteiger partial charge on any atom is 0.497 e. The minimum atomic E-state index is -0.464. The Morgan fingerprint density at radius 3 is 2.34 bits per heavy atom. The number of hydrogen-bond donors (Lipinski definition) is 1. The van der Waals surface area contributed by atoms with Crippen LogP contribution in [0.15, 0.2) is 59.1 Å². The van der Waals surface area contributed by atoms with Crippen molar-refractivity contribution in [2.75, 3.05) is 5.32 Å². The predicted molar refractivity (Wildman–Crippen MR) is 151 cm³/mol. The molecule has 7 nitrogen and oxygen atoms in total. The standard InChI is InChI=1S/C25H28BIN4O3S/c1-23(2,17-10-8-7-9-11-17)28-22-30-29-21(32-22)16-12-13-20-18(14-16)19(15-31(20)35-27)26-33-24(3,4)25(5,6)34-26/h7-15H,1-6H3,(H,28,30). The van der Waals surface area contributed by atoms with Crippen molar-refractivity contribution in [3.63, 3.8) is 0 Å². The lowest BCUT2D eigenvalue weighted by Crippen LogP contribution is -2.41. The summed E-state index contributed by atoms with van der Waals surface area (Å²) in [7, 11) is 1.14. The van der Waals surface area contributed by atoms with E-state index in [2.05, 4.69) is 113 Å². The Balaban J connectivity index is 1.48. The van der Waals surface area contributed by atoms with Crippen molar-refractivity contribution in [2.45, 2.75) is 58.3 Å². The zero-order valence-corrected chi connectivity index (χ0v) is 23.6. The van der Waals surface area contributed by atoms with Gasteiger partial charge in [0.2, 0.25) is 5.89 Å². The van der Waals surface area contributed by atoms with Gasteiger partial charge in [0.15, 0.2) is 0 Å². The fraction of sp³-hybridized carbons (Fsp3) is 0.360. The van der Waals surface area contributed by atoms with Crippen LogP contribution in [0.5, 0.6) is 0 Å². The molecule has 5 rings (SSSR count). The Labute approximate surface area is 222 Å². The molecule has 2 aromatic carbocycles. The van der Waals surface area contributed by atoms with E-state index in [-0.39, 0.29) is 5.54 Å². The zero-order valence-electron chi connectivity index (χ0n) is 20.6. The fourth-order valence-electron chi connectivity index (χ4n) is 4.16. The topological polar surface area (TPSA) is 74.3 Å². The first-order valence-electron chi connectivity index (χ1n) is 11.5. The Kier molecular flexibility index (Phi) is 6.22. The second kappa shape index (κ2) is 8.83. The van der Waals surface area contributed by atoms with Crippen molar-refractivity contribution in [2.24, 2.45) is 0 Å². The number of aromatic nitrogens is 3. The third-order valence-electron chi connectivity index (χ3n) is 6.97. The first-order valence-corrected chi connectivity index (χ1v) is 14.8. The molecule has 1 aliphatic heterocycles. The summed E-state index contributed by atoms with van der Waals surface area (Å²) in [6.45, 7) is 12.4. The van der Waals surface area contributed by atoms with Crippen molar-refractivity contribution in [3.8, 4) is 11.5 Å². The molecule has 182 valence electrons. The van der Waals surface area contributed by atoms with Gasteiger partial charge in [-0.05, 0) is 65.3 Å². The third-order valence-corrected chi connectivity index (χ3v) is 8.69. The molecule has 0 atom stereocenters. The van der Waals surface area contributed by atoms with Gasteiger partial charge in [0, 0.05) is 52.9 Å². The summed E-state index contributed by atoms with van der Waals surface area (Å²) < 4.78 is 20.9.